The lowest BCUT2D eigenvalue weighted by molar-refractivity contribution is -0.140. The molecular formula is C9H16N2O. The summed E-state index contributed by atoms with van der Waals surface area (Å²) in [7, 11) is 1.91. The van der Waals surface area contributed by atoms with Crippen LogP contribution in [0.3, 0.4) is 0 Å². The van der Waals surface area contributed by atoms with Crippen LogP contribution in [-0.4, -0.2) is 48.4 Å². The van der Waals surface area contributed by atoms with Crippen molar-refractivity contribution in [2.45, 2.75) is 25.3 Å². The Morgan fingerprint density at radius 1 is 1.25 bits per heavy atom. The lowest BCUT2D eigenvalue weighted by Gasteiger charge is -2.41. The molecule has 1 unspecified atom stereocenters. The number of rotatable bonds is 1. The summed E-state index contributed by atoms with van der Waals surface area (Å²) in [6, 6.07) is 0.220. The highest BCUT2D eigenvalue weighted by Crippen LogP contribution is 2.20. The smallest absolute Gasteiger partial charge is 0.239 e. The summed E-state index contributed by atoms with van der Waals surface area (Å²) >= 11 is 0. The van der Waals surface area contributed by atoms with E-state index >= 15 is 0 Å². The molecule has 1 atom stereocenters. The van der Waals surface area contributed by atoms with Crippen LogP contribution in [0.2, 0.25) is 0 Å². The van der Waals surface area contributed by atoms with Crippen molar-refractivity contribution in [3.05, 3.63) is 0 Å². The van der Waals surface area contributed by atoms with Gasteiger partial charge in [0.1, 0.15) is 0 Å². The predicted octanol–water partition coefficient (Wildman–Crippen LogP) is 0.313. The molecule has 2 fully saturated rings. The first-order chi connectivity index (χ1) is 5.79. The summed E-state index contributed by atoms with van der Waals surface area (Å²) in [6.07, 6.45) is 3.51. The van der Waals surface area contributed by atoms with Crippen molar-refractivity contribution in [2.75, 3.05) is 26.7 Å². The number of hydrogen-bond acceptors (Lipinski definition) is 2. The highest BCUT2D eigenvalue weighted by Gasteiger charge is 2.33. The molecule has 2 aliphatic heterocycles. The molecule has 0 radical (unpaired) electrons. The zero-order valence-corrected chi connectivity index (χ0v) is 7.62. The number of likely N-dealkylation sites (tertiary alicyclic amines) is 2. The van der Waals surface area contributed by atoms with Gasteiger partial charge in [0, 0.05) is 26.7 Å². The van der Waals surface area contributed by atoms with Crippen LogP contribution in [0.1, 0.15) is 19.3 Å². The Balaban J connectivity index is 1.98. The molecule has 2 heterocycles. The quantitative estimate of drug-likeness (QED) is 0.562. The van der Waals surface area contributed by atoms with Crippen LogP contribution in [0, 0.1) is 0 Å². The van der Waals surface area contributed by atoms with E-state index in [1.807, 2.05) is 11.9 Å². The minimum absolute atomic E-state index is 0.220. The molecule has 12 heavy (non-hydrogen) atoms. The van der Waals surface area contributed by atoms with Crippen molar-refractivity contribution >= 4 is 5.91 Å². The Kier molecular flexibility index (Phi) is 2.05. The van der Waals surface area contributed by atoms with Crippen molar-refractivity contribution in [1.82, 2.24) is 9.80 Å². The molecule has 68 valence electrons. The summed E-state index contributed by atoms with van der Waals surface area (Å²) in [5.74, 6) is 0.334. The first kappa shape index (κ1) is 8.05. The van der Waals surface area contributed by atoms with Gasteiger partial charge in [-0.3, -0.25) is 9.69 Å². The van der Waals surface area contributed by atoms with Gasteiger partial charge in [0.2, 0.25) is 5.91 Å². The molecule has 2 rings (SSSR count). The third kappa shape index (κ3) is 1.22. The van der Waals surface area contributed by atoms with Crippen LogP contribution in [-0.2, 0) is 4.79 Å². The zero-order valence-electron chi connectivity index (χ0n) is 7.62. The van der Waals surface area contributed by atoms with Gasteiger partial charge in [0.25, 0.3) is 0 Å². The average Bonchev–Trinajstić information content (AvgIpc) is 1.95. The van der Waals surface area contributed by atoms with Gasteiger partial charge in [-0.25, -0.2) is 0 Å². The van der Waals surface area contributed by atoms with Crippen molar-refractivity contribution in [3.63, 3.8) is 0 Å². The van der Waals surface area contributed by atoms with E-state index in [1.165, 1.54) is 12.8 Å². The summed E-state index contributed by atoms with van der Waals surface area (Å²) in [5, 5.41) is 0. The van der Waals surface area contributed by atoms with E-state index in [9.17, 15) is 4.79 Å². The standard InChI is InChI=1S/C9H16N2O/c1-10-5-2-4-8(9(10)12)11-6-3-7-11/h8H,2-7H2,1H3. The molecule has 0 aliphatic carbocycles. The van der Waals surface area contributed by atoms with E-state index < -0.39 is 0 Å². The minimum Gasteiger partial charge on any atom is -0.344 e. The molecule has 0 aromatic rings. The number of nitrogens with zero attached hydrogens (tertiary/aromatic N) is 2. The maximum atomic E-state index is 11.6. The first-order valence-electron chi connectivity index (χ1n) is 4.78. The van der Waals surface area contributed by atoms with Gasteiger partial charge < -0.3 is 4.90 Å². The number of hydrogen-bond donors (Lipinski definition) is 0. The molecule has 1 amide bonds. The fraction of sp³-hybridized carbons (Fsp3) is 0.889. The third-order valence-electron chi connectivity index (χ3n) is 2.96. The molecule has 3 nitrogen and oxygen atoms in total. The Bertz CT molecular complexity index is 189. The number of amides is 1. The van der Waals surface area contributed by atoms with Crippen LogP contribution in [0.4, 0.5) is 0 Å². The SMILES string of the molecule is CN1CCCC(N2CCC2)C1=O. The van der Waals surface area contributed by atoms with Crippen LogP contribution in [0.15, 0.2) is 0 Å². The predicted molar refractivity (Wildman–Crippen MR) is 46.8 cm³/mol. The molecule has 0 spiro atoms. The summed E-state index contributed by atoms with van der Waals surface area (Å²) in [6.45, 7) is 3.21. The Labute approximate surface area is 73.3 Å². The monoisotopic (exact) mass is 168 g/mol. The highest BCUT2D eigenvalue weighted by molar-refractivity contribution is 5.82. The summed E-state index contributed by atoms with van der Waals surface area (Å²) in [5.41, 5.74) is 0. The number of carbonyl (C=O) groups is 1. The topological polar surface area (TPSA) is 23.6 Å². The maximum absolute atomic E-state index is 11.6. The van der Waals surface area contributed by atoms with Gasteiger partial charge in [0.05, 0.1) is 6.04 Å². The number of likely N-dealkylation sites (N-methyl/N-ethyl adjacent to an activating group) is 1. The molecule has 2 saturated heterocycles. The van der Waals surface area contributed by atoms with Crippen molar-refractivity contribution < 1.29 is 4.79 Å². The summed E-state index contributed by atoms with van der Waals surface area (Å²) < 4.78 is 0. The second kappa shape index (κ2) is 3.05. The second-order valence-electron chi connectivity index (χ2n) is 3.81. The highest BCUT2D eigenvalue weighted by atomic mass is 16.2. The Morgan fingerprint density at radius 3 is 2.58 bits per heavy atom. The minimum atomic E-state index is 0.220. The lowest BCUT2D eigenvalue weighted by atomic mass is 10.0. The van der Waals surface area contributed by atoms with E-state index in [0.29, 0.717) is 5.91 Å². The first-order valence-corrected chi connectivity index (χ1v) is 4.78. The number of piperidine rings is 1. The zero-order chi connectivity index (χ0) is 8.55. The molecule has 0 N–H and O–H groups in total. The molecule has 0 saturated carbocycles. The maximum Gasteiger partial charge on any atom is 0.239 e. The molecule has 3 heteroatoms. The molecular weight excluding hydrogens is 152 g/mol. The fourth-order valence-corrected chi connectivity index (χ4v) is 2.00. The van der Waals surface area contributed by atoms with Crippen LogP contribution in [0.5, 0.6) is 0 Å². The van der Waals surface area contributed by atoms with Crippen LogP contribution >= 0.6 is 0 Å². The van der Waals surface area contributed by atoms with Crippen molar-refractivity contribution in [2.24, 2.45) is 0 Å². The molecule has 0 aromatic heterocycles. The van der Waals surface area contributed by atoms with Crippen molar-refractivity contribution in [1.29, 1.82) is 0 Å². The summed E-state index contributed by atoms with van der Waals surface area (Å²) in [4.78, 5) is 15.8. The van der Waals surface area contributed by atoms with Gasteiger partial charge in [-0.15, -0.1) is 0 Å². The normalized spacial score (nSPS) is 31.9. The third-order valence-corrected chi connectivity index (χ3v) is 2.96. The van der Waals surface area contributed by atoms with Crippen molar-refractivity contribution in [3.8, 4) is 0 Å². The van der Waals surface area contributed by atoms with E-state index in [0.717, 1.165) is 26.1 Å². The molecule has 2 aliphatic rings. The number of carbonyl (C=O) groups excluding carboxylic acids is 1. The van der Waals surface area contributed by atoms with E-state index in [2.05, 4.69) is 4.90 Å². The van der Waals surface area contributed by atoms with Gasteiger partial charge in [-0.1, -0.05) is 0 Å². The van der Waals surface area contributed by atoms with E-state index in [-0.39, 0.29) is 6.04 Å². The molecule has 0 bridgehead atoms. The van der Waals surface area contributed by atoms with Gasteiger partial charge in [-0.2, -0.15) is 0 Å². The Hall–Kier alpha value is -0.570. The van der Waals surface area contributed by atoms with Crippen LogP contribution in [0.25, 0.3) is 0 Å². The Morgan fingerprint density at radius 2 is 2.00 bits per heavy atom. The van der Waals surface area contributed by atoms with Gasteiger partial charge >= 0.3 is 0 Å². The second-order valence-corrected chi connectivity index (χ2v) is 3.81. The average molecular weight is 168 g/mol. The van der Waals surface area contributed by atoms with Crippen LogP contribution < -0.4 is 0 Å². The largest absolute Gasteiger partial charge is 0.344 e. The van der Waals surface area contributed by atoms with Gasteiger partial charge in [-0.05, 0) is 19.3 Å². The van der Waals surface area contributed by atoms with E-state index in [4.69, 9.17) is 0 Å². The lowest BCUT2D eigenvalue weighted by Crippen LogP contribution is -2.55. The van der Waals surface area contributed by atoms with Gasteiger partial charge in [0.15, 0.2) is 0 Å². The molecule has 0 aromatic carbocycles. The van der Waals surface area contributed by atoms with E-state index in [1.54, 1.807) is 0 Å². The fourth-order valence-electron chi connectivity index (χ4n) is 2.00.